The van der Waals surface area contributed by atoms with E-state index < -0.39 is 11.4 Å². The van der Waals surface area contributed by atoms with E-state index >= 15 is 0 Å². The zero-order valence-corrected chi connectivity index (χ0v) is 18.7. The van der Waals surface area contributed by atoms with E-state index in [0.717, 1.165) is 5.56 Å². The van der Waals surface area contributed by atoms with E-state index in [1.54, 1.807) is 48.7 Å². The Kier molecular flexibility index (Phi) is 6.31. The summed E-state index contributed by atoms with van der Waals surface area (Å²) in [5.41, 5.74) is 1.79. The van der Waals surface area contributed by atoms with E-state index in [9.17, 15) is 14.7 Å². The SMILES string of the molecule is CC(=O)c1ccc2c(c1)C(=O)N(OCCO)C2(Cc1ccc(Cl)cn1)c1ccc(Cl)cc1. The molecule has 0 saturated carbocycles. The number of hydrogen-bond donors (Lipinski definition) is 1. The molecule has 6 nitrogen and oxygen atoms in total. The number of fused-ring (bicyclic) bond motifs is 1. The van der Waals surface area contributed by atoms with Crippen molar-refractivity contribution < 1.29 is 19.5 Å². The molecule has 0 fully saturated rings. The van der Waals surface area contributed by atoms with Gasteiger partial charge in [0, 0.05) is 34.5 Å². The monoisotopic (exact) mass is 470 g/mol. The van der Waals surface area contributed by atoms with E-state index in [1.807, 2.05) is 12.1 Å². The van der Waals surface area contributed by atoms with Crippen LogP contribution in [0.1, 0.15) is 44.5 Å². The van der Waals surface area contributed by atoms with Crippen LogP contribution in [0, 0.1) is 0 Å². The van der Waals surface area contributed by atoms with Gasteiger partial charge in [-0.1, -0.05) is 47.5 Å². The zero-order chi connectivity index (χ0) is 22.9. The number of benzene rings is 2. The van der Waals surface area contributed by atoms with E-state index in [0.29, 0.717) is 32.4 Å². The van der Waals surface area contributed by atoms with Gasteiger partial charge in [0.25, 0.3) is 5.91 Å². The lowest BCUT2D eigenvalue weighted by atomic mass is 9.79. The quantitative estimate of drug-likeness (QED) is 0.515. The number of aliphatic hydroxyl groups is 1. The minimum atomic E-state index is -1.09. The molecule has 164 valence electrons. The van der Waals surface area contributed by atoms with Crippen molar-refractivity contribution in [2.24, 2.45) is 0 Å². The molecular formula is C24H20Cl2N2O4. The highest BCUT2D eigenvalue weighted by Gasteiger charge is 2.52. The number of Topliss-reactive ketones (excluding diaryl/α,β-unsaturated/α-hetero) is 1. The molecule has 1 aliphatic heterocycles. The van der Waals surface area contributed by atoms with Crippen molar-refractivity contribution in [3.63, 3.8) is 0 Å². The summed E-state index contributed by atoms with van der Waals surface area (Å²) in [6, 6.07) is 15.7. The van der Waals surface area contributed by atoms with Crippen LogP contribution in [0.4, 0.5) is 0 Å². The second kappa shape index (κ2) is 9.00. The molecule has 1 unspecified atom stereocenters. The summed E-state index contributed by atoms with van der Waals surface area (Å²) < 4.78 is 0. The smallest absolute Gasteiger partial charge is 0.279 e. The molecule has 0 aliphatic carbocycles. The molecule has 0 bridgehead atoms. The fourth-order valence-corrected chi connectivity index (χ4v) is 4.27. The highest BCUT2D eigenvalue weighted by Crippen LogP contribution is 2.47. The zero-order valence-electron chi connectivity index (χ0n) is 17.2. The number of carbonyl (C=O) groups excluding carboxylic acids is 2. The number of aromatic nitrogens is 1. The molecule has 8 heteroatoms. The third-order valence-electron chi connectivity index (χ3n) is 5.49. The van der Waals surface area contributed by atoms with Crippen LogP contribution in [-0.4, -0.2) is 40.1 Å². The lowest BCUT2D eigenvalue weighted by molar-refractivity contribution is -0.176. The van der Waals surface area contributed by atoms with Gasteiger partial charge in [0.1, 0.15) is 5.54 Å². The van der Waals surface area contributed by atoms with Crippen molar-refractivity contribution in [2.75, 3.05) is 13.2 Å². The van der Waals surface area contributed by atoms with Gasteiger partial charge in [-0.2, -0.15) is 0 Å². The average molecular weight is 471 g/mol. The second-order valence-corrected chi connectivity index (χ2v) is 8.36. The van der Waals surface area contributed by atoms with Crippen molar-refractivity contribution in [1.29, 1.82) is 0 Å². The molecule has 0 spiro atoms. The van der Waals surface area contributed by atoms with Gasteiger partial charge in [-0.3, -0.25) is 19.4 Å². The van der Waals surface area contributed by atoms with E-state index in [2.05, 4.69) is 4.98 Å². The molecule has 1 amide bonds. The van der Waals surface area contributed by atoms with Gasteiger partial charge in [-0.05, 0) is 48.4 Å². The number of amides is 1. The largest absolute Gasteiger partial charge is 0.394 e. The number of halogens is 2. The number of aliphatic hydroxyl groups excluding tert-OH is 1. The Labute approximate surface area is 195 Å². The highest BCUT2D eigenvalue weighted by molar-refractivity contribution is 6.30. The fourth-order valence-electron chi connectivity index (χ4n) is 4.03. The normalized spacial score (nSPS) is 17.5. The summed E-state index contributed by atoms with van der Waals surface area (Å²) in [5, 5.41) is 11.7. The van der Waals surface area contributed by atoms with Crippen LogP contribution >= 0.6 is 23.2 Å². The Morgan fingerprint density at radius 1 is 1.09 bits per heavy atom. The van der Waals surface area contributed by atoms with Gasteiger partial charge < -0.3 is 5.11 Å². The van der Waals surface area contributed by atoms with Gasteiger partial charge in [0.15, 0.2) is 5.78 Å². The predicted molar refractivity (Wildman–Crippen MR) is 121 cm³/mol. The number of nitrogens with zero attached hydrogens (tertiary/aromatic N) is 2. The summed E-state index contributed by atoms with van der Waals surface area (Å²) in [4.78, 5) is 35.7. The van der Waals surface area contributed by atoms with Crippen LogP contribution in [-0.2, 0) is 16.8 Å². The first-order chi connectivity index (χ1) is 15.4. The molecule has 3 aromatic rings. The van der Waals surface area contributed by atoms with Gasteiger partial charge in [0.05, 0.1) is 18.2 Å². The van der Waals surface area contributed by atoms with Crippen molar-refractivity contribution in [1.82, 2.24) is 10.0 Å². The van der Waals surface area contributed by atoms with Crippen molar-refractivity contribution >= 4 is 34.9 Å². The molecule has 1 atom stereocenters. The fraction of sp³-hybridized carbons (Fsp3) is 0.208. The van der Waals surface area contributed by atoms with E-state index in [4.69, 9.17) is 28.0 Å². The Bertz CT molecular complexity index is 1170. The van der Waals surface area contributed by atoms with Crippen LogP contribution < -0.4 is 0 Å². The first-order valence-electron chi connectivity index (χ1n) is 9.97. The molecular weight excluding hydrogens is 451 g/mol. The van der Waals surface area contributed by atoms with Gasteiger partial charge in [-0.15, -0.1) is 0 Å². The minimum Gasteiger partial charge on any atom is -0.394 e. The third-order valence-corrected chi connectivity index (χ3v) is 5.97. The van der Waals surface area contributed by atoms with Crippen LogP contribution in [0.5, 0.6) is 0 Å². The molecule has 1 N–H and O–H groups in total. The van der Waals surface area contributed by atoms with Crippen molar-refractivity contribution in [3.05, 3.63) is 98.8 Å². The number of hydrogen-bond acceptors (Lipinski definition) is 5. The van der Waals surface area contributed by atoms with Crippen LogP contribution in [0.3, 0.4) is 0 Å². The third kappa shape index (κ3) is 3.91. The molecule has 4 rings (SSSR count). The summed E-state index contributed by atoms with van der Waals surface area (Å²) in [6.07, 6.45) is 1.82. The Balaban J connectivity index is 1.97. The first kappa shape index (κ1) is 22.4. The van der Waals surface area contributed by atoms with Crippen LogP contribution in [0.25, 0.3) is 0 Å². The molecule has 2 heterocycles. The summed E-state index contributed by atoms with van der Waals surface area (Å²) >= 11 is 12.2. The Morgan fingerprint density at radius 2 is 1.81 bits per heavy atom. The summed E-state index contributed by atoms with van der Waals surface area (Å²) in [7, 11) is 0. The van der Waals surface area contributed by atoms with Gasteiger partial charge in [0.2, 0.25) is 0 Å². The Morgan fingerprint density at radius 3 is 2.44 bits per heavy atom. The molecule has 32 heavy (non-hydrogen) atoms. The highest BCUT2D eigenvalue weighted by atomic mass is 35.5. The van der Waals surface area contributed by atoms with E-state index in [1.165, 1.54) is 12.0 Å². The predicted octanol–water partition coefficient (Wildman–Crippen LogP) is 4.46. The van der Waals surface area contributed by atoms with Crippen LogP contribution in [0.2, 0.25) is 10.0 Å². The standard InChI is InChI=1S/C24H20Cl2N2O4/c1-15(30)16-2-9-22-21(12-16)23(31)28(32-11-10-29)24(22,17-3-5-18(25)6-4-17)13-20-8-7-19(26)14-27-20/h2-9,12,14,29H,10-11,13H2,1H3. The molecule has 1 aliphatic rings. The maximum absolute atomic E-state index is 13.5. The molecule has 0 radical (unpaired) electrons. The lowest BCUT2D eigenvalue weighted by Crippen LogP contribution is -2.47. The summed E-state index contributed by atoms with van der Waals surface area (Å²) in [6.45, 7) is 1.10. The maximum Gasteiger partial charge on any atom is 0.279 e. The number of carbonyl (C=O) groups is 2. The Hall–Kier alpha value is -2.77. The first-order valence-corrected chi connectivity index (χ1v) is 10.7. The average Bonchev–Trinajstić information content (AvgIpc) is 3.02. The second-order valence-electron chi connectivity index (χ2n) is 7.48. The topological polar surface area (TPSA) is 79.7 Å². The summed E-state index contributed by atoms with van der Waals surface area (Å²) in [5.74, 6) is -0.549. The van der Waals surface area contributed by atoms with E-state index in [-0.39, 0.29) is 25.4 Å². The number of ketones is 1. The van der Waals surface area contributed by atoms with Gasteiger partial charge >= 0.3 is 0 Å². The number of rotatable bonds is 7. The molecule has 2 aromatic carbocycles. The van der Waals surface area contributed by atoms with Crippen molar-refractivity contribution in [2.45, 2.75) is 18.9 Å². The van der Waals surface area contributed by atoms with Crippen LogP contribution in [0.15, 0.2) is 60.8 Å². The molecule has 0 saturated heterocycles. The van der Waals surface area contributed by atoms with Gasteiger partial charge in [-0.25, -0.2) is 5.06 Å². The minimum absolute atomic E-state index is 0.0807. The maximum atomic E-state index is 13.5. The lowest BCUT2D eigenvalue weighted by Gasteiger charge is -2.38. The number of pyridine rings is 1. The molecule has 1 aromatic heterocycles. The van der Waals surface area contributed by atoms with Crippen molar-refractivity contribution in [3.8, 4) is 0 Å². The number of hydroxylamine groups is 2.